The molecule has 1 aliphatic carbocycles. The molecule has 0 radical (unpaired) electrons. The minimum atomic E-state index is -1.09. The van der Waals surface area contributed by atoms with Crippen LogP contribution in [0, 0.1) is 6.92 Å². The van der Waals surface area contributed by atoms with Gasteiger partial charge in [0.1, 0.15) is 16.5 Å². The Kier molecular flexibility index (Phi) is 7.97. The third-order valence-electron chi connectivity index (χ3n) is 5.53. The Morgan fingerprint density at radius 2 is 1.70 bits per heavy atom. The molecule has 3 rings (SSSR count). The van der Waals surface area contributed by atoms with E-state index >= 15 is 0 Å². The van der Waals surface area contributed by atoms with E-state index in [0.717, 1.165) is 41.7 Å². The van der Waals surface area contributed by atoms with Gasteiger partial charge in [0, 0.05) is 10.4 Å². The number of hydrogen-bond acceptors (Lipinski definition) is 8. The molecule has 0 saturated heterocycles. The normalized spacial score (nSPS) is 13.5. The van der Waals surface area contributed by atoms with Crippen LogP contribution in [0.3, 0.4) is 0 Å². The Hall–Kier alpha value is -3.07. The first kappa shape index (κ1) is 24.6. The fourth-order valence-corrected chi connectivity index (χ4v) is 5.05. The van der Waals surface area contributed by atoms with E-state index in [4.69, 9.17) is 18.9 Å². The highest BCUT2D eigenvalue weighted by Crippen LogP contribution is 2.38. The number of thiophene rings is 1. The van der Waals surface area contributed by atoms with Crippen LogP contribution >= 0.6 is 11.3 Å². The monoisotopic (exact) mass is 475 g/mol. The quantitative estimate of drug-likeness (QED) is 0.568. The number of amides is 1. The molecule has 0 spiro atoms. The van der Waals surface area contributed by atoms with Gasteiger partial charge in [0.2, 0.25) is 0 Å². The fourth-order valence-electron chi connectivity index (χ4n) is 3.77. The molecule has 1 amide bonds. The van der Waals surface area contributed by atoms with Crippen LogP contribution in [0.5, 0.6) is 11.5 Å². The number of rotatable bonds is 8. The number of methoxy groups -OCH3 is 2. The predicted molar refractivity (Wildman–Crippen MR) is 125 cm³/mol. The number of anilines is 1. The van der Waals surface area contributed by atoms with Crippen molar-refractivity contribution >= 4 is 34.2 Å². The lowest BCUT2D eigenvalue weighted by Gasteiger charge is -2.16. The van der Waals surface area contributed by atoms with Crippen molar-refractivity contribution in [1.29, 1.82) is 0 Å². The molecule has 9 heteroatoms. The summed E-state index contributed by atoms with van der Waals surface area (Å²) in [6.45, 7) is 5.28. The molecule has 0 bridgehead atoms. The highest BCUT2D eigenvalue weighted by atomic mass is 32.1. The predicted octanol–water partition coefficient (Wildman–Crippen LogP) is 4.31. The van der Waals surface area contributed by atoms with Crippen molar-refractivity contribution in [2.45, 2.75) is 52.6 Å². The third kappa shape index (κ3) is 5.30. The maximum Gasteiger partial charge on any atom is 0.341 e. The van der Waals surface area contributed by atoms with E-state index in [0.29, 0.717) is 22.1 Å². The van der Waals surface area contributed by atoms with Crippen molar-refractivity contribution in [1.82, 2.24) is 0 Å². The summed E-state index contributed by atoms with van der Waals surface area (Å²) in [4.78, 5) is 39.2. The van der Waals surface area contributed by atoms with Gasteiger partial charge in [-0.15, -0.1) is 11.3 Å². The van der Waals surface area contributed by atoms with Gasteiger partial charge in [-0.3, -0.25) is 4.79 Å². The average Bonchev–Trinajstić information content (AvgIpc) is 3.17. The van der Waals surface area contributed by atoms with Gasteiger partial charge in [-0.25, -0.2) is 9.59 Å². The molecule has 8 nitrogen and oxygen atoms in total. The first-order chi connectivity index (χ1) is 15.8. The second kappa shape index (κ2) is 10.7. The Bertz CT molecular complexity index is 1030. The Morgan fingerprint density at radius 1 is 1.06 bits per heavy atom. The first-order valence-corrected chi connectivity index (χ1v) is 11.7. The number of nitrogens with one attached hydrogen (secondary N) is 1. The zero-order valence-corrected chi connectivity index (χ0v) is 20.4. The summed E-state index contributed by atoms with van der Waals surface area (Å²) < 4.78 is 21.2. The molecule has 1 atom stereocenters. The Labute approximate surface area is 197 Å². The number of fused-ring (bicyclic) bond motifs is 1. The number of benzene rings is 1. The Morgan fingerprint density at radius 3 is 2.30 bits per heavy atom. The van der Waals surface area contributed by atoms with E-state index in [1.54, 1.807) is 6.92 Å². The van der Waals surface area contributed by atoms with Crippen molar-refractivity contribution in [3.05, 3.63) is 39.3 Å². The number of ether oxygens (including phenoxy) is 4. The second-order valence-electron chi connectivity index (χ2n) is 7.68. The zero-order valence-electron chi connectivity index (χ0n) is 19.5. The molecule has 0 saturated carbocycles. The van der Waals surface area contributed by atoms with Crippen LogP contribution < -0.4 is 14.8 Å². The average molecular weight is 476 g/mol. The molecule has 0 fully saturated rings. The summed E-state index contributed by atoms with van der Waals surface area (Å²) >= 11 is 1.38. The summed E-state index contributed by atoms with van der Waals surface area (Å²) in [7, 11) is 2.99. The van der Waals surface area contributed by atoms with Gasteiger partial charge < -0.3 is 24.3 Å². The van der Waals surface area contributed by atoms with Crippen LogP contribution in [0.25, 0.3) is 0 Å². The minimum absolute atomic E-state index is 0.202. The Balaban J connectivity index is 1.77. The van der Waals surface area contributed by atoms with E-state index in [1.165, 1.54) is 44.6 Å². The lowest BCUT2D eigenvalue weighted by molar-refractivity contribution is -0.123. The van der Waals surface area contributed by atoms with E-state index in [9.17, 15) is 14.4 Å². The molecule has 178 valence electrons. The van der Waals surface area contributed by atoms with Crippen molar-refractivity contribution in [3.8, 4) is 11.5 Å². The molecule has 33 heavy (non-hydrogen) atoms. The first-order valence-electron chi connectivity index (χ1n) is 10.9. The molecule has 2 aromatic rings. The fraction of sp³-hybridized carbons (Fsp3) is 0.458. The highest BCUT2D eigenvalue weighted by Gasteiger charge is 2.29. The molecule has 1 N–H and O–H groups in total. The second-order valence-corrected chi connectivity index (χ2v) is 8.78. The highest BCUT2D eigenvalue weighted by molar-refractivity contribution is 7.17. The largest absolute Gasteiger partial charge is 0.496 e. The minimum Gasteiger partial charge on any atom is -0.496 e. The van der Waals surface area contributed by atoms with Crippen LogP contribution in [0.1, 0.15) is 63.4 Å². The van der Waals surface area contributed by atoms with Gasteiger partial charge in [0.25, 0.3) is 5.91 Å². The van der Waals surface area contributed by atoms with Gasteiger partial charge in [-0.1, -0.05) is 0 Å². The van der Waals surface area contributed by atoms with Crippen molar-refractivity contribution < 1.29 is 33.3 Å². The summed E-state index contributed by atoms with van der Waals surface area (Å²) in [5, 5.41) is 3.21. The smallest absolute Gasteiger partial charge is 0.341 e. The van der Waals surface area contributed by atoms with Crippen LogP contribution in [0.4, 0.5) is 5.00 Å². The van der Waals surface area contributed by atoms with E-state index in [1.807, 2.05) is 6.92 Å². The van der Waals surface area contributed by atoms with Crippen LogP contribution in [-0.2, 0) is 27.1 Å². The lowest BCUT2D eigenvalue weighted by atomic mass is 9.95. The topological polar surface area (TPSA) is 100 Å². The van der Waals surface area contributed by atoms with Gasteiger partial charge in [-0.2, -0.15) is 0 Å². The SMILES string of the molecule is CCOC(=O)c1c(NC(=O)C(C)OC(=O)c2cc(OC)c(C)c(OC)c2)sc2c1CCCC2. The maximum atomic E-state index is 12.8. The standard InChI is InChI=1S/C24H29NO7S/c1-6-31-24(28)20-16-9-7-8-10-19(16)33-22(20)25-21(26)14(3)32-23(27)15-11-17(29-4)13(2)18(12-15)30-5/h11-12,14H,6-10H2,1-5H3,(H,25,26). The molecular formula is C24H29NO7S. The van der Waals surface area contributed by atoms with Crippen LogP contribution in [0.15, 0.2) is 12.1 Å². The number of hydrogen-bond donors (Lipinski definition) is 1. The summed E-state index contributed by atoms with van der Waals surface area (Å²) in [6.07, 6.45) is 2.58. The van der Waals surface area contributed by atoms with E-state index < -0.39 is 23.9 Å². The summed E-state index contributed by atoms with van der Waals surface area (Å²) in [6, 6.07) is 3.08. The number of aryl methyl sites for hydroxylation is 1. The molecule has 1 aromatic heterocycles. The van der Waals surface area contributed by atoms with Crippen molar-refractivity contribution in [2.24, 2.45) is 0 Å². The van der Waals surface area contributed by atoms with E-state index in [-0.39, 0.29) is 12.2 Å². The molecule has 1 unspecified atom stereocenters. The van der Waals surface area contributed by atoms with Crippen LogP contribution in [0.2, 0.25) is 0 Å². The van der Waals surface area contributed by atoms with E-state index in [2.05, 4.69) is 5.32 Å². The van der Waals surface area contributed by atoms with Gasteiger partial charge >= 0.3 is 11.9 Å². The van der Waals surface area contributed by atoms with Crippen molar-refractivity contribution in [3.63, 3.8) is 0 Å². The number of esters is 2. The molecule has 1 aliphatic rings. The molecular weight excluding hydrogens is 446 g/mol. The number of carbonyl (C=O) groups is 3. The lowest BCUT2D eigenvalue weighted by Crippen LogP contribution is -2.30. The zero-order chi connectivity index (χ0) is 24.1. The van der Waals surface area contributed by atoms with Gasteiger partial charge in [0.05, 0.1) is 32.0 Å². The van der Waals surface area contributed by atoms with Gasteiger partial charge in [0.15, 0.2) is 6.10 Å². The third-order valence-corrected chi connectivity index (χ3v) is 6.74. The summed E-state index contributed by atoms with van der Waals surface area (Å²) in [5.74, 6) is -0.720. The van der Waals surface area contributed by atoms with Crippen molar-refractivity contribution in [2.75, 3.05) is 26.1 Å². The molecule has 1 heterocycles. The molecule has 0 aliphatic heterocycles. The maximum absolute atomic E-state index is 12.8. The number of carbonyl (C=O) groups excluding carboxylic acids is 3. The van der Waals surface area contributed by atoms with Gasteiger partial charge in [-0.05, 0) is 64.2 Å². The summed E-state index contributed by atoms with van der Waals surface area (Å²) in [5.41, 5.74) is 2.31. The molecule has 1 aromatic carbocycles. The van der Waals surface area contributed by atoms with Crippen LogP contribution in [-0.4, -0.2) is 44.8 Å².